The fourth-order valence-corrected chi connectivity index (χ4v) is 1.89. The average Bonchev–Trinajstić information content (AvgIpc) is 3.29. The number of benzene rings is 1. The lowest BCUT2D eigenvalue weighted by Gasteiger charge is -2.07. The lowest BCUT2D eigenvalue weighted by molar-refractivity contribution is -0.115. The molecule has 0 radical (unpaired) electrons. The highest BCUT2D eigenvalue weighted by atomic mass is 35.5. The van der Waals surface area contributed by atoms with Crippen LogP contribution < -0.4 is 16.0 Å². The Bertz CT molecular complexity index is 513. The number of nitrogens with one attached hydrogen (secondary N) is 3. The van der Waals surface area contributed by atoms with E-state index in [0.29, 0.717) is 24.3 Å². The van der Waals surface area contributed by atoms with E-state index in [4.69, 9.17) is 0 Å². The molecule has 1 saturated carbocycles. The van der Waals surface area contributed by atoms with Crippen LogP contribution in [0.5, 0.6) is 0 Å². The van der Waals surface area contributed by atoms with Crippen molar-refractivity contribution in [2.24, 2.45) is 5.92 Å². The number of rotatable bonds is 8. The lowest BCUT2D eigenvalue weighted by atomic mass is 10.2. The van der Waals surface area contributed by atoms with Crippen LogP contribution in [0.15, 0.2) is 36.9 Å². The van der Waals surface area contributed by atoms with E-state index in [1.54, 1.807) is 30.3 Å². The van der Waals surface area contributed by atoms with Gasteiger partial charge in [0.1, 0.15) is 0 Å². The first-order valence-corrected chi connectivity index (χ1v) is 7.19. The molecule has 5 nitrogen and oxygen atoms in total. The summed E-state index contributed by atoms with van der Waals surface area (Å²) in [5, 5.41) is 8.63. The number of anilines is 1. The van der Waals surface area contributed by atoms with Crippen LogP contribution in [0, 0.1) is 5.92 Å². The molecule has 22 heavy (non-hydrogen) atoms. The van der Waals surface area contributed by atoms with Crippen LogP contribution in [-0.2, 0) is 4.79 Å². The maximum Gasteiger partial charge on any atom is 0.251 e. The van der Waals surface area contributed by atoms with Gasteiger partial charge in [-0.05, 0) is 49.6 Å². The Morgan fingerprint density at radius 3 is 2.50 bits per heavy atom. The second-order valence-electron chi connectivity index (χ2n) is 5.20. The number of halogens is 1. The van der Waals surface area contributed by atoms with Crippen molar-refractivity contribution in [3.8, 4) is 0 Å². The Balaban J connectivity index is 0.00000242. The van der Waals surface area contributed by atoms with E-state index in [0.717, 1.165) is 12.5 Å². The van der Waals surface area contributed by atoms with Gasteiger partial charge in [0.25, 0.3) is 5.91 Å². The van der Waals surface area contributed by atoms with E-state index < -0.39 is 0 Å². The molecule has 1 aliphatic rings. The normalized spacial score (nSPS) is 12.9. The topological polar surface area (TPSA) is 70.2 Å². The molecule has 0 aliphatic heterocycles. The first-order chi connectivity index (χ1) is 10.2. The molecule has 0 bridgehead atoms. The molecule has 0 unspecified atom stereocenters. The van der Waals surface area contributed by atoms with Gasteiger partial charge in [-0.1, -0.05) is 6.08 Å². The summed E-state index contributed by atoms with van der Waals surface area (Å²) < 4.78 is 0. The van der Waals surface area contributed by atoms with Crippen LogP contribution in [0.1, 0.15) is 23.2 Å². The molecule has 0 spiro atoms. The number of carbonyl (C=O) groups is 2. The summed E-state index contributed by atoms with van der Waals surface area (Å²) in [6, 6.07) is 6.82. The van der Waals surface area contributed by atoms with E-state index in [1.165, 1.54) is 12.8 Å². The van der Waals surface area contributed by atoms with Crippen molar-refractivity contribution in [3.05, 3.63) is 42.5 Å². The highest BCUT2D eigenvalue weighted by Crippen LogP contribution is 2.27. The molecule has 0 heterocycles. The minimum absolute atomic E-state index is 0. The summed E-state index contributed by atoms with van der Waals surface area (Å²) in [6.07, 6.45) is 4.16. The van der Waals surface area contributed by atoms with E-state index >= 15 is 0 Å². The van der Waals surface area contributed by atoms with Crippen molar-refractivity contribution in [1.82, 2.24) is 10.6 Å². The Morgan fingerprint density at radius 1 is 1.23 bits per heavy atom. The summed E-state index contributed by atoms with van der Waals surface area (Å²) in [4.78, 5) is 23.4. The van der Waals surface area contributed by atoms with Crippen molar-refractivity contribution >= 4 is 29.9 Å². The standard InChI is InChI=1S/C16H21N3O2.ClH/c1-2-9-18-16(21)13-5-7-14(8-6-13)19-15(20)11-17-10-12-3-4-12;/h2,5-8,12,17H,1,3-4,9-11H2,(H,18,21)(H,19,20);1H. The third-order valence-electron chi connectivity index (χ3n) is 3.25. The van der Waals surface area contributed by atoms with Gasteiger partial charge in [-0.2, -0.15) is 0 Å². The lowest BCUT2D eigenvalue weighted by Crippen LogP contribution is -2.29. The van der Waals surface area contributed by atoms with Gasteiger partial charge in [-0.15, -0.1) is 19.0 Å². The first kappa shape index (κ1) is 18.2. The second-order valence-corrected chi connectivity index (χ2v) is 5.20. The number of hydrogen-bond donors (Lipinski definition) is 3. The Kier molecular flexibility index (Phi) is 7.63. The Hall–Kier alpha value is -1.85. The van der Waals surface area contributed by atoms with Gasteiger partial charge in [-0.3, -0.25) is 9.59 Å². The number of carbonyl (C=O) groups excluding carboxylic acids is 2. The van der Waals surface area contributed by atoms with Crippen molar-refractivity contribution in [2.45, 2.75) is 12.8 Å². The molecule has 0 atom stereocenters. The summed E-state index contributed by atoms with van der Waals surface area (Å²) >= 11 is 0. The van der Waals surface area contributed by atoms with Crippen molar-refractivity contribution in [2.75, 3.05) is 25.0 Å². The van der Waals surface area contributed by atoms with Crippen LogP contribution in [0.3, 0.4) is 0 Å². The first-order valence-electron chi connectivity index (χ1n) is 7.19. The minimum atomic E-state index is -0.154. The van der Waals surface area contributed by atoms with Gasteiger partial charge in [0.2, 0.25) is 5.91 Å². The van der Waals surface area contributed by atoms with E-state index in [-0.39, 0.29) is 24.2 Å². The molecule has 1 aliphatic carbocycles. The van der Waals surface area contributed by atoms with E-state index in [1.807, 2.05) is 0 Å². The molecule has 6 heteroatoms. The zero-order chi connectivity index (χ0) is 15.1. The molecule has 2 rings (SSSR count). The number of hydrogen-bond acceptors (Lipinski definition) is 3. The maximum atomic E-state index is 11.7. The summed E-state index contributed by atoms with van der Waals surface area (Å²) in [5.74, 6) is 0.532. The molecule has 2 amide bonds. The number of amides is 2. The molecule has 0 saturated heterocycles. The third-order valence-corrected chi connectivity index (χ3v) is 3.25. The van der Waals surface area contributed by atoms with Crippen LogP contribution in [0.2, 0.25) is 0 Å². The SMILES string of the molecule is C=CCNC(=O)c1ccc(NC(=O)CNCC2CC2)cc1.Cl. The summed E-state index contributed by atoms with van der Waals surface area (Å²) in [6.45, 7) is 5.21. The van der Waals surface area contributed by atoms with Crippen LogP contribution in [0.25, 0.3) is 0 Å². The van der Waals surface area contributed by atoms with Gasteiger partial charge >= 0.3 is 0 Å². The quantitative estimate of drug-likeness (QED) is 0.641. The largest absolute Gasteiger partial charge is 0.349 e. The molecule has 1 aromatic carbocycles. The molecule has 0 aromatic heterocycles. The van der Waals surface area contributed by atoms with Gasteiger partial charge in [0.05, 0.1) is 6.54 Å². The Labute approximate surface area is 137 Å². The smallest absolute Gasteiger partial charge is 0.251 e. The highest BCUT2D eigenvalue weighted by Gasteiger charge is 2.20. The molecule has 1 aromatic rings. The second kappa shape index (κ2) is 9.23. The Morgan fingerprint density at radius 2 is 1.91 bits per heavy atom. The zero-order valence-electron chi connectivity index (χ0n) is 12.4. The molecule has 1 fully saturated rings. The summed E-state index contributed by atoms with van der Waals surface area (Å²) in [5.41, 5.74) is 1.25. The molecular formula is C16H22ClN3O2. The van der Waals surface area contributed by atoms with Crippen molar-refractivity contribution < 1.29 is 9.59 Å². The van der Waals surface area contributed by atoms with Gasteiger partial charge in [0, 0.05) is 17.8 Å². The van der Waals surface area contributed by atoms with Gasteiger partial charge < -0.3 is 16.0 Å². The maximum absolute atomic E-state index is 11.7. The average molecular weight is 324 g/mol. The molecule has 120 valence electrons. The molecule has 3 N–H and O–H groups in total. The molecular weight excluding hydrogens is 302 g/mol. The van der Waals surface area contributed by atoms with E-state index in [2.05, 4.69) is 22.5 Å². The van der Waals surface area contributed by atoms with Gasteiger partial charge in [-0.25, -0.2) is 0 Å². The fraction of sp³-hybridized carbons (Fsp3) is 0.375. The van der Waals surface area contributed by atoms with Gasteiger partial charge in [0.15, 0.2) is 0 Å². The van der Waals surface area contributed by atoms with Crippen molar-refractivity contribution in [1.29, 1.82) is 0 Å². The van der Waals surface area contributed by atoms with Crippen LogP contribution in [0.4, 0.5) is 5.69 Å². The highest BCUT2D eigenvalue weighted by molar-refractivity contribution is 5.96. The predicted octanol–water partition coefficient (Wildman–Crippen LogP) is 1.96. The van der Waals surface area contributed by atoms with E-state index in [9.17, 15) is 9.59 Å². The third kappa shape index (κ3) is 6.28. The predicted molar refractivity (Wildman–Crippen MR) is 90.4 cm³/mol. The zero-order valence-corrected chi connectivity index (χ0v) is 13.2. The minimum Gasteiger partial charge on any atom is -0.349 e. The van der Waals surface area contributed by atoms with Crippen molar-refractivity contribution in [3.63, 3.8) is 0 Å². The fourth-order valence-electron chi connectivity index (χ4n) is 1.89. The monoisotopic (exact) mass is 323 g/mol. The summed E-state index contributed by atoms with van der Waals surface area (Å²) in [7, 11) is 0. The van der Waals surface area contributed by atoms with Crippen LogP contribution >= 0.6 is 12.4 Å². The van der Waals surface area contributed by atoms with Crippen LogP contribution in [-0.4, -0.2) is 31.4 Å².